The predicted molar refractivity (Wildman–Crippen MR) is 87.4 cm³/mol. The molecule has 0 aliphatic heterocycles. The van der Waals surface area contributed by atoms with Crippen LogP contribution in [0.5, 0.6) is 11.5 Å². The molecule has 0 fully saturated rings. The molecule has 2 aromatic carbocycles. The van der Waals surface area contributed by atoms with E-state index in [0.717, 1.165) is 15.6 Å². The number of benzene rings is 2. The molecule has 0 saturated heterocycles. The van der Waals surface area contributed by atoms with Crippen molar-refractivity contribution in [3.63, 3.8) is 0 Å². The van der Waals surface area contributed by atoms with E-state index in [1.807, 2.05) is 36.4 Å². The third kappa shape index (κ3) is 3.49. The molecule has 5 heteroatoms. The van der Waals surface area contributed by atoms with Gasteiger partial charge in [0.25, 0.3) is 0 Å². The number of halogens is 1. The third-order valence-electron chi connectivity index (χ3n) is 2.74. The fourth-order valence-electron chi connectivity index (χ4n) is 1.73. The number of hydrogen-bond acceptors (Lipinski definition) is 3. The highest BCUT2D eigenvalue weighted by molar-refractivity contribution is 9.10. The summed E-state index contributed by atoms with van der Waals surface area (Å²) in [5.74, 6) is 1.23. The fraction of sp³-hybridized carbons (Fsp3) is 0.133. The van der Waals surface area contributed by atoms with Gasteiger partial charge in [0.1, 0.15) is 11.6 Å². The SMILES string of the molecule is COc1cc(C(N)=S)cc(Br)c1OCc1ccccc1. The van der Waals surface area contributed by atoms with E-state index in [4.69, 9.17) is 27.4 Å². The maximum Gasteiger partial charge on any atom is 0.175 e. The molecule has 0 heterocycles. The second-order valence-corrected chi connectivity index (χ2v) is 5.42. The molecule has 0 atom stereocenters. The molecule has 0 saturated carbocycles. The van der Waals surface area contributed by atoms with Crippen LogP contribution in [0, 0.1) is 0 Å². The van der Waals surface area contributed by atoms with Crippen LogP contribution < -0.4 is 15.2 Å². The molecule has 0 spiro atoms. The molecule has 0 aliphatic carbocycles. The third-order valence-corrected chi connectivity index (χ3v) is 3.56. The number of methoxy groups -OCH3 is 1. The molecular formula is C15H14BrNO2S. The lowest BCUT2D eigenvalue weighted by molar-refractivity contribution is 0.282. The zero-order valence-corrected chi connectivity index (χ0v) is 13.3. The Morgan fingerprint density at radius 2 is 1.95 bits per heavy atom. The van der Waals surface area contributed by atoms with E-state index in [0.29, 0.717) is 23.1 Å². The quantitative estimate of drug-likeness (QED) is 0.834. The van der Waals surface area contributed by atoms with Gasteiger partial charge in [0.15, 0.2) is 11.5 Å². The van der Waals surface area contributed by atoms with Gasteiger partial charge in [-0.1, -0.05) is 42.5 Å². The van der Waals surface area contributed by atoms with Gasteiger partial charge >= 0.3 is 0 Å². The van der Waals surface area contributed by atoms with Gasteiger partial charge in [-0.2, -0.15) is 0 Å². The van der Waals surface area contributed by atoms with Crippen molar-refractivity contribution in [3.05, 3.63) is 58.1 Å². The molecule has 0 aromatic heterocycles. The van der Waals surface area contributed by atoms with E-state index < -0.39 is 0 Å². The van der Waals surface area contributed by atoms with E-state index in [9.17, 15) is 0 Å². The summed E-state index contributed by atoms with van der Waals surface area (Å²) in [7, 11) is 1.58. The summed E-state index contributed by atoms with van der Waals surface area (Å²) < 4.78 is 11.9. The molecule has 20 heavy (non-hydrogen) atoms. The minimum Gasteiger partial charge on any atom is -0.493 e. The average Bonchev–Trinajstić information content (AvgIpc) is 2.46. The highest BCUT2D eigenvalue weighted by Crippen LogP contribution is 2.37. The largest absolute Gasteiger partial charge is 0.493 e. The molecule has 0 aliphatic rings. The molecule has 2 aromatic rings. The maximum atomic E-state index is 5.82. The van der Waals surface area contributed by atoms with Crippen molar-refractivity contribution in [3.8, 4) is 11.5 Å². The number of thiocarbonyl (C=S) groups is 1. The van der Waals surface area contributed by atoms with Gasteiger partial charge in [0, 0.05) is 5.56 Å². The van der Waals surface area contributed by atoms with Crippen LogP contribution in [0.1, 0.15) is 11.1 Å². The van der Waals surface area contributed by atoms with Crippen LogP contribution in [0.3, 0.4) is 0 Å². The zero-order chi connectivity index (χ0) is 14.5. The molecule has 2 rings (SSSR count). The number of ether oxygens (including phenoxy) is 2. The van der Waals surface area contributed by atoms with Gasteiger partial charge in [0.05, 0.1) is 11.6 Å². The first-order chi connectivity index (χ1) is 9.61. The predicted octanol–water partition coefficient (Wildman–Crippen LogP) is 3.67. The Morgan fingerprint density at radius 3 is 2.55 bits per heavy atom. The first-order valence-corrected chi connectivity index (χ1v) is 7.16. The molecule has 3 nitrogen and oxygen atoms in total. The van der Waals surface area contributed by atoms with Crippen molar-refractivity contribution in [1.82, 2.24) is 0 Å². The van der Waals surface area contributed by atoms with Crippen molar-refractivity contribution in [2.75, 3.05) is 7.11 Å². The maximum absolute atomic E-state index is 5.82. The normalized spacial score (nSPS) is 10.1. The van der Waals surface area contributed by atoms with Crippen LogP contribution in [0.15, 0.2) is 46.9 Å². The second kappa shape index (κ2) is 6.72. The van der Waals surface area contributed by atoms with Gasteiger partial charge in [-0.05, 0) is 33.6 Å². The Balaban J connectivity index is 2.25. The average molecular weight is 352 g/mol. The van der Waals surface area contributed by atoms with Crippen LogP contribution in [0.4, 0.5) is 0 Å². The topological polar surface area (TPSA) is 44.5 Å². The Labute approximate surface area is 131 Å². The van der Waals surface area contributed by atoms with Gasteiger partial charge in [-0.15, -0.1) is 0 Å². The number of hydrogen-bond donors (Lipinski definition) is 1. The minimum absolute atomic E-state index is 0.318. The smallest absolute Gasteiger partial charge is 0.175 e. The summed E-state index contributed by atoms with van der Waals surface area (Å²) in [5.41, 5.74) is 7.45. The van der Waals surface area contributed by atoms with Crippen molar-refractivity contribution >= 4 is 33.1 Å². The van der Waals surface area contributed by atoms with Crippen molar-refractivity contribution in [2.45, 2.75) is 6.61 Å². The number of nitrogens with two attached hydrogens (primary N) is 1. The van der Waals surface area contributed by atoms with Crippen LogP contribution in [-0.2, 0) is 6.61 Å². The first kappa shape index (κ1) is 14.8. The molecule has 0 bridgehead atoms. The molecule has 0 radical (unpaired) electrons. The minimum atomic E-state index is 0.318. The zero-order valence-electron chi connectivity index (χ0n) is 10.9. The summed E-state index contributed by atoms with van der Waals surface area (Å²) in [5, 5.41) is 0. The summed E-state index contributed by atoms with van der Waals surface area (Å²) >= 11 is 8.43. The van der Waals surface area contributed by atoms with Gasteiger partial charge < -0.3 is 15.2 Å². The van der Waals surface area contributed by atoms with Gasteiger partial charge in [-0.3, -0.25) is 0 Å². The van der Waals surface area contributed by atoms with Crippen LogP contribution in [0.25, 0.3) is 0 Å². The van der Waals surface area contributed by atoms with Gasteiger partial charge in [-0.25, -0.2) is 0 Å². The van der Waals surface area contributed by atoms with E-state index in [1.54, 1.807) is 13.2 Å². The molecule has 0 unspecified atom stereocenters. The van der Waals surface area contributed by atoms with Gasteiger partial charge in [0.2, 0.25) is 0 Å². The highest BCUT2D eigenvalue weighted by atomic mass is 79.9. The Bertz CT molecular complexity index is 617. The van der Waals surface area contributed by atoms with E-state index in [-0.39, 0.29) is 0 Å². The monoisotopic (exact) mass is 351 g/mol. The number of rotatable bonds is 5. The first-order valence-electron chi connectivity index (χ1n) is 5.96. The summed E-state index contributed by atoms with van der Waals surface area (Å²) in [6.45, 7) is 0.461. The van der Waals surface area contributed by atoms with E-state index in [1.165, 1.54) is 0 Å². The van der Waals surface area contributed by atoms with E-state index >= 15 is 0 Å². The summed E-state index contributed by atoms with van der Waals surface area (Å²) in [4.78, 5) is 0.318. The van der Waals surface area contributed by atoms with Crippen LogP contribution in [0.2, 0.25) is 0 Å². The Kier molecular flexibility index (Phi) is 4.98. The lowest BCUT2D eigenvalue weighted by Gasteiger charge is -2.14. The lowest BCUT2D eigenvalue weighted by Crippen LogP contribution is -2.10. The molecule has 104 valence electrons. The summed E-state index contributed by atoms with van der Waals surface area (Å²) in [6, 6.07) is 13.5. The standard InChI is InChI=1S/C15H14BrNO2S/c1-18-13-8-11(15(17)20)7-12(16)14(13)19-9-10-5-3-2-4-6-10/h2-8H,9H2,1H3,(H2,17,20). The lowest BCUT2D eigenvalue weighted by atomic mass is 10.2. The summed E-state index contributed by atoms with van der Waals surface area (Å²) in [6.07, 6.45) is 0. The molecule has 2 N–H and O–H groups in total. The molecular weight excluding hydrogens is 338 g/mol. The van der Waals surface area contributed by atoms with Crippen molar-refractivity contribution in [1.29, 1.82) is 0 Å². The van der Waals surface area contributed by atoms with Crippen molar-refractivity contribution < 1.29 is 9.47 Å². The van der Waals surface area contributed by atoms with Crippen LogP contribution >= 0.6 is 28.1 Å². The Morgan fingerprint density at radius 1 is 1.25 bits per heavy atom. The second-order valence-electron chi connectivity index (χ2n) is 4.13. The fourth-order valence-corrected chi connectivity index (χ4v) is 2.41. The Hall–Kier alpha value is -1.59. The van der Waals surface area contributed by atoms with Crippen LogP contribution in [-0.4, -0.2) is 12.1 Å². The molecule has 0 amide bonds. The van der Waals surface area contributed by atoms with Crippen molar-refractivity contribution in [2.24, 2.45) is 5.73 Å². The highest BCUT2D eigenvalue weighted by Gasteiger charge is 2.13. The van der Waals surface area contributed by atoms with E-state index in [2.05, 4.69) is 15.9 Å².